The number of hydrogen-bond acceptors (Lipinski definition) is 5. The molecule has 0 spiro atoms. The summed E-state index contributed by atoms with van der Waals surface area (Å²) in [5.41, 5.74) is 5.49. The van der Waals surface area contributed by atoms with Gasteiger partial charge in [-0.1, -0.05) is 0 Å². The fraction of sp³-hybridized carbons (Fsp3) is 0.364. The molecule has 0 bridgehead atoms. The second-order valence-electron chi connectivity index (χ2n) is 4.41. The molecule has 2 rings (SSSR count). The summed E-state index contributed by atoms with van der Waals surface area (Å²) in [5, 5.41) is 10.7. The van der Waals surface area contributed by atoms with Crippen LogP contribution in [-0.4, -0.2) is 40.5 Å². The first-order valence-corrected chi connectivity index (χ1v) is 6.13. The van der Waals surface area contributed by atoms with E-state index in [0.29, 0.717) is 0 Å². The van der Waals surface area contributed by atoms with Crippen LogP contribution in [0.4, 0.5) is 29.6 Å². The van der Waals surface area contributed by atoms with Gasteiger partial charge in [-0.2, -0.15) is 13.9 Å². The first-order chi connectivity index (χ1) is 10.4. The lowest BCUT2D eigenvalue weighted by atomic mass is 10.3. The van der Waals surface area contributed by atoms with Crippen LogP contribution in [0.2, 0.25) is 0 Å². The van der Waals surface area contributed by atoms with Gasteiger partial charge in [0.2, 0.25) is 0 Å². The molecule has 11 heteroatoms. The van der Waals surface area contributed by atoms with Crippen LogP contribution in [0.25, 0.3) is 10.9 Å². The van der Waals surface area contributed by atoms with Crippen molar-refractivity contribution in [3.63, 3.8) is 0 Å². The second-order valence-corrected chi connectivity index (χ2v) is 4.41. The average Bonchev–Trinajstić information content (AvgIpc) is 2.82. The Morgan fingerprint density at radius 1 is 1.55 bits per heavy atom. The van der Waals surface area contributed by atoms with Crippen molar-refractivity contribution in [1.29, 1.82) is 0 Å². The molecular weight excluding hydrogens is 305 g/mol. The predicted octanol–water partition coefficient (Wildman–Crippen LogP) is 1.43. The molecule has 0 saturated heterocycles. The largest absolute Gasteiger partial charge is 0.382 e. The van der Waals surface area contributed by atoms with E-state index in [-0.39, 0.29) is 22.5 Å². The minimum atomic E-state index is -2.93. The molecule has 22 heavy (non-hydrogen) atoms. The highest BCUT2D eigenvalue weighted by atomic mass is 19.3. The summed E-state index contributed by atoms with van der Waals surface area (Å²) in [4.78, 5) is 15.4. The predicted molar refractivity (Wildman–Crippen MR) is 71.8 cm³/mol. The van der Waals surface area contributed by atoms with Crippen LogP contribution in [0.1, 0.15) is 6.92 Å². The van der Waals surface area contributed by atoms with E-state index in [9.17, 15) is 18.0 Å². The van der Waals surface area contributed by atoms with Gasteiger partial charge in [-0.3, -0.25) is 10.4 Å². The molecule has 0 saturated carbocycles. The van der Waals surface area contributed by atoms with E-state index in [1.807, 2.05) is 0 Å². The zero-order valence-electron chi connectivity index (χ0n) is 11.4. The molecule has 5 N–H and O–H groups in total. The van der Waals surface area contributed by atoms with Crippen molar-refractivity contribution in [2.45, 2.75) is 19.6 Å². The number of urea groups is 1. The standard InChI is InChI=1S/C11H13F3N6O2/c1-4(3-22-10(13)14)17-11(21)18-9-6(12)7-5(2-16-9)8(15)20-19-7/h2,4,10H,3H2,1H3,(H3,15,19,20)(H2,16,17,18,21)/t4-/m0/s1. The van der Waals surface area contributed by atoms with Gasteiger partial charge in [0, 0.05) is 6.20 Å². The molecule has 2 heterocycles. The number of rotatable bonds is 5. The van der Waals surface area contributed by atoms with Crippen molar-refractivity contribution in [2.75, 3.05) is 17.7 Å². The smallest absolute Gasteiger partial charge is 0.345 e. The molecule has 120 valence electrons. The fourth-order valence-electron chi connectivity index (χ4n) is 1.68. The number of anilines is 2. The molecule has 0 aliphatic carbocycles. The molecule has 0 aliphatic heterocycles. The molecule has 0 radical (unpaired) electrons. The van der Waals surface area contributed by atoms with Crippen LogP contribution >= 0.6 is 0 Å². The minimum absolute atomic E-state index is 0.00289. The third kappa shape index (κ3) is 3.55. The third-order valence-electron chi connectivity index (χ3n) is 2.67. The van der Waals surface area contributed by atoms with Crippen LogP contribution in [0.15, 0.2) is 6.20 Å². The van der Waals surface area contributed by atoms with Crippen molar-refractivity contribution in [2.24, 2.45) is 0 Å². The maximum Gasteiger partial charge on any atom is 0.345 e. The van der Waals surface area contributed by atoms with Gasteiger partial charge < -0.3 is 15.8 Å². The van der Waals surface area contributed by atoms with E-state index in [4.69, 9.17) is 5.73 Å². The minimum Gasteiger partial charge on any atom is -0.382 e. The number of pyridine rings is 1. The molecule has 2 amide bonds. The highest BCUT2D eigenvalue weighted by Gasteiger charge is 2.16. The summed E-state index contributed by atoms with van der Waals surface area (Å²) in [6, 6.07) is -1.52. The Bertz CT molecular complexity index is 677. The second kappa shape index (κ2) is 6.47. The summed E-state index contributed by atoms with van der Waals surface area (Å²) in [5.74, 6) is -1.11. The number of amides is 2. The number of alkyl halides is 2. The fourth-order valence-corrected chi connectivity index (χ4v) is 1.68. The van der Waals surface area contributed by atoms with Gasteiger partial charge in [0.05, 0.1) is 18.0 Å². The van der Waals surface area contributed by atoms with Gasteiger partial charge in [0.25, 0.3) is 0 Å². The topological polar surface area (TPSA) is 118 Å². The third-order valence-corrected chi connectivity index (χ3v) is 2.67. The van der Waals surface area contributed by atoms with Crippen LogP contribution in [0.5, 0.6) is 0 Å². The lowest BCUT2D eigenvalue weighted by Gasteiger charge is -2.14. The Morgan fingerprint density at radius 3 is 2.95 bits per heavy atom. The van der Waals surface area contributed by atoms with Crippen molar-refractivity contribution in [1.82, 2.24) is 20.5 Å². The van der Waals surface area contributed by atoms with Crippen LogP contribution in [0.3, 0.4) is 0 Å². The molecule has 0 unspecified atom stereocenters. The summed E-state index contributed by atoms with van der Waals surface area (Å²) in [7, 11) is 0. The monoisotopic (exact) mass is 318 g/mol. The van der Waals surface area contributed by atoms with Gasteiger partial charge in [-0.05, 0) is 6.92 Å². The zero-order valence-corrected chi connectivity index (χ0v) is 11.4. The van der Waals surface area contributed by atoms with E-state index in [0.717, 1.165) is 0 Å². The number of nitrogens with one attached hydrogen (secondary N) is 3. The number of carbonyl (C=O) groups is 1. The van der Waals surface area contributed by atoms with Gasteiger partial charge in [0.15, 0.2) is 17.5 Å². The normalized spacial score (nSPS) is 12.6. The number of ether oxygens (including phenoxy) is 1. The van der Waals surface area contributed by atoms with Crippen molar-refractivity contribution >= 4 is 28.6 Å². The summed E-state index contributed by atoms with van der Waals surface area (Å²) >= 11 is 0. The van der Waals surface area contributed by atoms with Gasteiger partial charge in [0.1, 0.15) is 5.52 Å². The molecule has 8 nitrogen and oxygen atoms in total. The Hall–Kier alpha value is -2.56. The van der Waals surface area contributed by atoms with Gasteiger partial charge in [-0.25, -0.2) is 14.2 Å². The lowest BCUT2D eigenvalue weighted by molar-refractivity contribution is -0.132. The number of nitrogen functional groups attached to an aromatic ring is 1. The van der Waals surface area contributed by atoms with E-state index in [2.05, 4.69) is 30.6 Å². The number of fused-ring (bicyclic) bond motifs is 1. The maximum atomic E-state index is 14.1. The number of hydrogen-bond donors (Lipinski definition) is 4. The quantitative estimate of drug-likeness (QED) is 0.665. The molecule has 2 aromatic heterocycles. The Balaban J connectivity index is 2.01. The first kappa shape index (κ1) is 15.8. The first-order valence-electron chi connectivity index (χ1n) is 6.13. The van der Waals surface area contributed by atoms with Crippen LogP contribution < -0.4 is 16.4 Å². The van der Waals surface area contributed by atoms with Crippen molar-refractivity contribution in [3.05, 3.63) is 12.0 Å². The van der Waals surface area contributed by atoms with Gasteiger partial charge in [-0.15, -0.1) is 0 Å². The van der Waals surface area contributed by atoms with Crippen LogP contribution in [0, 0.1) is 5.82 Å². The number of H-pyrrole nitrogens is 1. The van der Waals surface area contributed by atoms with E-state index < -0.39 is 31.1 Å². The molecule has 0 fully saturated rings. The number of nitrogens with two attached hydrogens (primary N) is 1. The maximum absolute atomic E-state index is 14.1. The number of halogens is 3. The lowest BCUT2D eigenvalue weighted by Crippen LogP contribution is -2.39. The highest BCUT2D eigenvalue weighted by molar-refractivity contribution is 5.94. The highest BCUT2D eigenvalue weighted by Crippen LogP contribution is 2.23. The number of carbonyl (C=O) groups excluding carboxylic acids is 1. The average molecular weight is 318 g/mol. The SMILES string of the molecule is C[C@@H](COC(F)F)NC(=O)Nc1ncc2c(N)n[nH]c2c1F. The number of nitrogens with zero attached hydrogens (tertiary/aromatic N) is 2. The van der Waals surface area contributed by atoms with Crippen molar-refractivity contribution in [3.8, 4) is 0 Å². The van der Waals surface area contributed by atoms with E-state index in [1.165, 1.54) is 13.1 Å². The van der Waals surface area contributed by atoms with Crippen LogP contribution in [-0.2, 0) is 4.74 Å². The summed E-state index contributed by atoms with van der Waals surface area (Å²) < 4.78 is 41.8. The Morgan fingerprint density at radius 2 is 2.27 bits per heavy atom. The molecular formula is C11H13F3N6O2. The number of aromatic nitrogens is 3. The summed E-state index contributed by atoms with van der Waals surface area (Å²) in [6.45, 7) is -1.87. The van der Waals surface area contributed by atoms with Gasteiger partial charge >= 0.3 is 12.6 Å². The van der Waals surface area contributed by atoms with Crippen molar-refractivity contribution < 1.29 is 22.7 Å². The van der Waals surface area contributed by atoms with E-state index in [1.54, 1.807) is 0 Å². The Labute approximate surface area is 122 Å². The summed E-state index contributed by atoms with van der Waals surface area (Å²) in [6.07, 6.45) is 1.25. The molecule has 1 atom stereocenters. The molecule has 2 aromatic rings. The molecule has 0 aliphatic rings. The zero-order chi connectivity index (χ0) is 16.3. The Kier molecular flexibility index (Phi) is 4.65. The van der Waals surface area contributed by atoms with E-state index >= 15 is 0 Å². The number of aromatic amines is 1. The molecule has 0 aromatic carbocycles.